The largest absolute Gasteiger partial charge is 0.417 e. The minimum atomic E-state index is -4.55. The Balaban J connectivity index is 2.90. The van der Waals surface area contributed by atoms with Crippen LogP contribution in [0.2, 0.25) is 0 Å². The molecule has 0 aliphatic carbocycles. The third-order valence-electron chi connectivity index (χ3n) is 2.82. The standard InChI is InChI=1S/C13H14BrF3N2O2/c1-18-11(20)5-6-19(2)12(21)8-3-4-10(14)9(7-8)13(15,16)17/h3-4,7H,5-6H2,1-2H3,(H,18,20). The second-order valence-electron chi connectivity index (χ2n) is 4.34. The molecule has 0 heterocycles. The number of carbonyl (C=O) groups excluding carboxylic acids is 2. The van der Waals surface area contributed by atoms with Crippen LogP contribution in [0.4, 0.5) is 13.2 Å². The molecular formula is C13H14BrF3N2O2. The van der Waals surface area contributed by atoms with E-state index in [1.165, 1.54) is 31.1 Å². The molecule has 1 aromatic carbocycles. The number of hydrogen-bond donors (Lipinski definition) is 1. The van der Waals surface area contributed by atoms with Crippen LogP contribution in [0.3, 0.4) is 0 Å². The van der Waals surface area contributed by atoms with Gasteiger partial charge in [0.15, 0.2) is 0 Å². The van der Waals surface area contributed by atoms with Crippen molar-refractivity contribution in [3.05, 3.63) is 33.8 Å². The molecule has 1 N–H and O–H groups in total. The van der Waals surface area contributed by atoms with E-state index in [0.29, 0.717) is 0 Å². The number of halogens is 4. The summed E-state index contributed by atoms with van der Waals surface area (Å²) in [5, 5.41) is 2.40. The lowest BCUT2D eigenvalue weighted by atomic mass is 10.1. The van der Waals surface area contributed by atoms with Crippen molar-refractivity contribution in [3.8, 4) is 0 Å². The Kier molecular flexibility index (Phi) is 5.77. The first-order valence-corrected chi connectivity index (χ1v) is 6.79. The summed E-state index contributed by atoms with van der Waals surface area (Å²) in [6.07, 6.45) is -4.46. The van der Waals surface area contributed by atoms with Crippen molar-refractivity contribution in [2.75, 3.05) is 20.6 Å². The van der Waals surface area contributed by atoms with Gasteiger partial charge < -0.3 is 10.2 Å². The average Bonchev–Trinajstić information content (AvgIpc) is 2.42. The molecule has 8 heteroatoms. The molecular weight excluding hydrogens is 353 g/mol. The van der Waals surface area contributed by atoms with Crippen LogP contribution >= 0.6 is 15.9 Å². The summed E-state index contributed by atoms with van der Waals surface area (Å²) in [5.41, 5.74) is -0.988. The number of benzene rings is 1. The second kappa shape index (κ2) is 6.93. The zero-order chi connectivity index (χ0) is 16.2. The molecule has 0 aliphatic heterocycles. The van der Waals surface area contributed by atoms with Crippen LogP contribution in [0.5, 0.6) is 0 Å². The Labute approximate surface area is 128 Å². The maximum Gasteiger partial charge on any atom is 0.417 e. The molecule has 0 unspecified atom stereocenters. The van der Waals surface area contributed by atoms with E-state index in [-0.39, 0.29) is 28.9 Å². The molecule has 0 aliphatic rings. The summed E-state index contributed by atoms with van der Waals surface area (Å²) in [6, 6.07) is 3.28. The molecule has 21 heavy (non-hydrogen) atoms. The van der Waals surface area contributed by atoms with Gasteiger partial charge >= 0.3 is 6.18 Å². The van der Waals surface area contributed by atoms with Gasteiger partial charge in [-0.05, 0) is 18.2 Å². The SMILES string of the molecule is CNC(=O)CCN(C)C(=O)c1ccc(Br)c(C(F)(F)F)c1. The van der Waals surface area contributed by atoms with E-state index in [0.717, 1.165) is 6.07 Å². The van der Waals surface area contributed by atoms with Gasteiger partial charge in [-0.2, -0.15) is 13.2 Å². The van der Waals surface area contributed by atoms with Crippen LogP contribution in [0, 0.1) is 0 Å². The molecule has 0 atom stereocenters. The van der Waals surface area contributed by atoms with E-state index in [4.69, 9.17) is 0 Å². The molecule has 0 radical (unpaired) electrons. The van der Waals surface area contributed by atoms with Crippen LogP contribution in [-0.2, 0) is 11.0 Å². The Bertz CT molecular complexity index is 547. The Morgan fingerprint density at radius 1 is 1.33 bits per heavy atom. The second-order valence-corrected chi connectivity index (χ2v) is 5.20. The van der Waals surface area contributed by atoms with Gasteiger partial charge in [-0.15, -0.1) is 0 Å². The van der Waals surface area contributed by atoms with Crippen molar-refractivity contribution in [1.82, 2.24) is 10.2 Å². The first-order chi connectivity index (χ1) is 9.66. The predicted molar refractivity (Wildman–Crippen MR) is 74.8 cm³/mol. The lowest BCUT2D eigenvalue weighted by Gasteiger charge is -2.18. The van der Waals surface area contributed by atoms with E-state index < -0.39 is 17.6 Å². The van der Waals surface area contributed by atoms with Gasteiger partial charge in [-0.3, -0.25) is 9.59 Å². The molecule has 0 bridgehead atoms. The summed E-state index contributed by atoms with van der Waals surface area (Å²) in [6.45, 7) is 0.121. The van der Waals surface area contributed by atoms with Gasteiger partial charge in [0.25, 0.3) is 5.91 Å². The summed E-state index contributed by atoms with van der Waals surface area (Å²) < 4.78 is 38.2. The first kappa shape index (κ1) is 17.5. The summed E-state index contributed by atoms with van der Waals surface area (Å²) in [7, 11) is 2.90. The normalized spacial score (nSPS) is 11.1. The fourth-order valence-corrected chi connectivity index (χ4v) is 2.06. The molecule has 0 fully saturated rings. The number of amides is 2. The van der Waals surface area contributed by atoms with Crippen LogP contribution in [0.15, 0.2) is 22.7 Å². The lowest BCUT2D eigenvalue weighted by Crippen LogP contribution is -2.31. The molecule has 0 saturated heterocycles. The van der Waals surface area contributed by atoms with Gasteiger partial charge in [0.05, 0.1) is 5.56 Å². The predicted octanol–water partition coefficient (Wildman–Crippen LogP) is 2.68. The number of alkyl halides is 3. The van der Waals surface area contributed by atoms with E-state index in [9.17, 15) is 22.8 Å². The highest BCUT2D eigenvalue weighted by molar-refractivity contribution is 9.10. The van der Waals surface area contributed by atoms with Crippen molar-refractivity contribution in [3.63, 3.8) is 0 Å². The van der Waals surface area contributed by atoms with Gasteiger partial charge in [-0.25, -0.2) is 0 Å². The third kappa shape index (κ3) is 4.73. The number of carbonyl (C=O) groups is 2. The van der Waals surface area contributed by atoms with Crippen molar-refractivity contribution >= 4 is 27.7 Å². The van der Waals surface area contributed by atoms with Crippen LogP contribution in [0.25, 0.3) is 0 Å². The van der Waals surface area contributed by atoms with Gasteiger partial charge in [0, 0.05) is 37.1 Å². The lowest BCUT2D eigenvalue weighted by molar-refractivity contribution is -0.138. The van der Waals surface area contributed by atoms with Crippen molar-refractivity contribution < 1.29 is 22.8 Å². The quantitative estimate of drug-likeness (QED) is 0.890. The minimum absolute atomic E-state index is 0.0788. The topological polar surface area (TPSA) is 49.4 Å². The number of rotatable bonds is 4. The Hall–Kier alpha value is -1.57. The fourth-order valence-electron chi connectivity index (χ4n) is 1.59. The smallest absolute Gasteiger partial charge is 0.359 e. The maximum absolute atomic E-state index is 12.8. The molecule has 2 amide bonds. The van der Waals surface area contributed by atoms with Crippen molar-refractivity contribution in [2.45, 2.75) is 12.6 Å². The Morgan fingerprint density at radius 2 is 1.95 bits per heavy atom. The molecule has 1 aromatic rings. The van der Waals surface area contributed by atoms with Gasteiger partial charge in [0.2, 0.25) is 5.91 Å². The van der Waals surface area contributed by atoms with E-state index in [2.05, 4.69) is 21.2 Å². The summed E-state index contributed by atoms with van der Waals surface area (Å²) >= 11 is 2.81. The molecule has 0 saturated carbocycles. The monoisotopic (exact) mass is 366 g/mol. The molecule has 0 spiro atoms. The zero-order valence-corrected chi connectivity index (χ0v) is 13.0. The van der Waals surface area contributed by atoms with Gasteiger partial charge in [-0.1, -0.05) is 15.9 Å². The molecule has 4 nitrogen and oxygen atoms in total. The van der Waals surface area contributed by atoms with Gasteiger partial charge in [0.1, 0.15) is 0 Å². The van der Waals surface area contributed by atoms with Crippen LogP contribution in [0.1, 0.15) is 22.3 Å². The summed E-state index contributed by atoms with van der Waals surface area (Å²) in [4.78, 5) is 24.4. The highest BCUT2D eigenvalue weighted by Gasteiger charge is 2.33. The zero-order valence-electron chi connectivity index (χ0n) is 11.4. The maximum atomic E-state index is 12.8. The van der Waals surface area contributed by atoms with Crippen molar-refractivity contribution in [2.24, 2.45) is 0 Å². The fraction of sp³-hybridized carbons (Fsp3) is 0.385. The Morgan fingerprint density at radius 3 is 2.48 bits per heavy atom. The van der Waals surface area contributed by atoms with Crippen molar-refractivity contribution in [1.29, 1.82) is 0 Å². The number of nitrogens with one attached hydrogen (secondary N) is 1. The third-order valence-corrected chi connectivity index (χ3v) is 3.51. The van der Waals surface area contributed by atoms with Crippen LogP contribution in [-0.4, -0.2) is 37.4 Å². The minimum Gasteiger partial charge on any atom is -0.359 e. The summed E-state index contributed by atoms with van der Waals surface area (Å²) in [5.74, 6) is -0.821. The van der Waals surface area contributed by atoms with E-state index >= 15 is 0 Å². The van der Waals surface area contributed by atoms with E-state index in [1.807, 2.05) is 0 Å². The molecule has 0 aromatic heterocycles. The van der Waals surface area contributed by atoms with E-state index in [1.54, 1.807) is 0 Å². The number of nitrogens with zero attached hydrogens (tertiary/aromatic N) is 1. The molecule has 1 rings (SSSR count). The number of hydrogen-bond acceptors (Lipinski definition) is 2. The average molecular weight is 367 g/mol. The highest BCUT2D eigenvalue weighted by atomic mass is 79.9. The first-order valence-electron chi connectivity index (χ1n) is 5.99. The molecule has 116 valence electrons. The van der Waals surface area contributed by atoms with Crippen LogP contribution < -0.4 is 5.32 Å². The highest BCUT2D eigenvalue weighted by Crippen LogP contribution is 2.35.